The lowest BCUT2D eigenvalue weighted by atomic mass is 10.1. The first-order valence-electron chi connectivity index (χ1n) is 6.80. The van der Waals surface area contributed by atoms with Crippen molar-refractivity contribution in [3.63, 3.8) is 0 Å². The summed E-state index contributed by atoms with van der Waals surface area (Å²) in [7, 11) is 1.60. The van der Waals surface area contributed by atoms with Crippen molar-refractivity contribution >= 4 is 11.9 Å². The summed E-state index contributed by atoms with van der Waals surface area (Å²) in [6, 6.07) is 3.97. The monoisotopic (exact) mass is 296 g/mol. The molecule has 1 aromatic carbocycles. The lowest BCUT2D eigenvalue weighted by Crippen LogP contribution is -2.43. The fourth-order valence-electron chi connectivity index (χ4n) is 2.08. The number of likely N-dealkylation sites (N-methyl/N-ethyl adjacent to an activating group) is 1. The number of aliphatic carboxylic acids is 1. The number of nitrogens with one attached hydrogen (secondary N) is 1. The van der Waals surface area contributed by atoms with Crippen molar-refractivity contribution in [3.8, 4) is 0 Å². The Morgan fingerprint density at radius 2 is 2.10 bits per heavy atom. The highest BCUT2D eigenvalue weighted by atomic mass is 19.1. The summed E-state index contributed by atoms with van der Waals surface area (Å²) < 4.78 is 13.1. The Hall–Kier alpha value is -1.95. The van der Waals surface area contributed by atoms with Gasteiger partial charge in [-0.3, -0.25) is 14.5 Å². The predicted octanol–water partition coefficient (Wildman–Crippen LogP) is 1.55. The molecule has 0 aliphatic carbocycles. The highest BCUT2D eigenvalue weighted by Crippen LogP contribution is 2.09. The van der Waals surface area contributed by atoms with Gasteiger partial charge in [-0.1, -0.05) is 19.1 Å². The number of nitrogens with zero attached hydrogens (tertiary/aromatic N) is 1. The third kappa shape index (κ3) is 5.15. The maximum absolute atomic E-state index is 13.1. The number of rotatable bonds is 7. The van der Waals surface area contributed by atoms with Crippen LogP contribution >= 0.6 is 0 Å². The molecular weight excluding hydrogens is 275 g/mol. The lowest BCUT2D eigenvalue weighted by molar-refractivity contribution is -0.143. The molecule has 1 aromatic rings. The highest BCUT2D eigenvalue weighted by Gasteiger charge is 2.21. The Balaban J connectivity index is 2.50. The van der Waals surface area contributed by atoms with Gasteiger partial charge in [-0.2, -0.15) is 0 Å². The van der Waals surface area contributed by atoms with E-state index in [1.54, 1.807) is 33.0 Å². The Bertz CT molecular complexity index is 520. The number of amides is 1. The number of carboxylic acid groups (broad SMARTS) is 1. The normalized spacial score (nSPS) is 12.2. The fraction of sp³-hybridized carbons (Fsp3) is 0.467. The van der Waals surface area contributed by atoms with Gasteiger partial charge in [-0.05, 0) is 37.6 Å². The minimum absolute atomic E-state index is 0.00494. The fourth-order valence-corrected chi connectivity index (χ4v) is 2.08. The predicted molar refractivity (Wildman–Crippen MR) is 77.3 cm³/mol. The van der Waals surface area contributed by atoms with E-state index in [9.17, 15) is 14.0 Å². The standard InChI is InChI=1S/C15H21FN2O3/c1-4-13(15(20)21)18(3)9-14(19)17-8-11-5-6-12(16)10(2)7-11/h5-7,13H,4,8-9H2,1-3H3,(H,17,19)(H,20,21). The Labute approximate surface area is 123 Å². The maximum Gasteiger partial charge on any atom is 0.320 e. The topological polar surface area (TPSA) is 69.6 Å². The van der Waals surface area contributed by atoms with Gasteiger partial charge < -0.3 is 10.4 Å². The van der Waals surface area contributed by atoms with Gasteiger partial charge in [0.05, 0.1) is 6.54 Å². The number of halogens is 1. The minimum Gasteiger partial charge on any atom is -0.480 e. The molecule has 0 saturated heterocycles. The molecule has 1 atom stereocenters. The molecule has 5 nitrogen and oxygen atoms in total. The van der Waals surface area contributed by atoms with Crippen LogP contribution < -0.4 is 5.32 Å². The summed E-state index contributed by atoms with van der Waals surface area (Å²) in [4.78, 5) is 24.3. The zero-order valence-electron chi connectivity index (χ0n) is 12.5. The molecule has 1 amide bonds. The van der Waals surface area contributed by atoms with Crippen LogP contribution in [-0.4, -0.2) is 41.5 Å². The molecule has 0 fully saturated rings. The Morgan fingerprint density at radius 1 is 1.43 bits per heavy atom. The average Bonchev–Trinajstić information content (AvgIpc) is 2.40. The number of aryl methyl sites for hydroxylation is 1. The largest absolute Gasteiger partial charge is 0.480 e. The van der Waals surface area contributed by atoms with Crippen LogP contribution in [0.4, 0.5) is 4.39 Å². The average molecular weight is 296 g/mol. The number of hydrogen-bond donors (Lipinski definition) is 2. The van der Waals surface area contributed by atoms with Crippen molar-refractivity contribution in [2.45, 2.75) is 32.9 Å². The van der Waals surface area contributed by atoms with E-state index in [4.69, 9.17) is 5.11 Å². The smallest absolute Gasteiger partial charge is 0.320 e. The van der Waals surface area contributed by atoms with Crippen LogP contribution in [0.5, 0.6) is 0 Å². The number of hydrogen-bond acceptors (Lipinski definition) is 3. The van der Waals surface area contributed by atoms with E-state index in [1.165, 1.54) is 11.0 Å². The van der Waals surface area contributed by atoms with Crippen LogP contribution in [0.2, 0.25) is 0 Å². The minimum atomic E-state index is -0.943. The Morgan fingerprint density at radius 3 is 2.62 bits per heavy atom. The van der Waals surface area contributed by atoms with E-state index < -0.39 is 12.0 Å². The first-order chi connectivity index (χ1) is 9.85. The van der Waals surface area contributed by atoms with Gasteiger partial charge >= 0.3 is 5.97 Å². The van der Waals surface area contributed by atoms with Gasteiger partial charge in [0, 0.05) is 6.54 Å². The van der Waals surface area contributed by atoms with Crippen molar-refractivity contribution < 1.29 is 19.1 Å². The summed E-state index contributed by atoms with van der Waals surface area (Å²) in [5.41, 5.74) is 1.32. The van der Waals surface area contributed by atoms with Gasteiger partial charge in [0.1, 0.15) is 11.9 Å². The number of carbonyl (C=O) groups excluding carboxylic acids is 1. The molecule has 1 rings (SSSR count). The van der Waals surface area contributed by atoms with Crippen molar-refractivity contribution in [3.05, 3.63) is 35.1 Å². The molecule has 0 heterocycles. The zero-order chi connectivity index (χ0) is 16.0. The molecular formula is C15H21FN2O3. The summed E-state index contributed by atoms with van der Waals surface area (Å²) in [5.74, 6) is -1.49. The second-order valence-electron chi connectivity index (χ2n) is 5.04. The quantitative estimate of drug-likeness (QED) is 0.801. The molecule has 0 bridgehead atoms. The van der Waals surface area contributed by atoms with Crippen molar-refractivity contribution in [1.82, 2.24) is 10.2 Å². The third-order valence-corrected chi connectivity index (χ3v) is 3.31. The molecule has 0 radical (unpaired) electrons. The lowest BCUT2D eigenvalue weighted by Gasteiger charge is -2.22. The van der Waals surface area contributed by atoms with Gasteiger partial charge in [0.15, 0.2) is 0 Å². The van der Waals surface area contributed by atoms with Crippen molar-refractivity contribution in [2.24, 2.45) is 0 Å². The first-order valence-corrected chi connectivity index (χ1v) is 6.80. The Kier molecular flexibility index (Phi) is 6.30. The number of carbonyl (C=O) groups is 2. The molecule has 6 heteroatoms. The van der Waals surface area contributed by atoms with Crippen LogP contribution in [0.1, 0.15) is 24.5 Å². The van der Waals surface area contributed by atoms with E-state index in [0.717, 1.165) is 5.56 Å². The van der Waals surface area contributed by atoms with E-state index >= 15 is 0 Å². The third-order valence-electron chi connectivity index (χ3n) is 3.31. The SMILES string of the molecule is CCC(C(=O)O)N(C)CC(=O)NCc1ccc(F)c(C)c1. The number of benzene rings is 1. The summed E-state index contributed by atoms with van der Waals surface area (Å²) in [6.07, 6.45) is 0.427. The van der Waals surface area contributed by atoms with E-state index in [0.29, 0.717) is 12.0 Å². The molecule has 0 saturated carbocycles. The van der Waals surface area contributed by atoms with Gasteiger partial charge in [0.25, 0.3) is 0 Å². The van der Waals surface area contributed by atoms with Gasteiger partial charge in [-0.25, -0.2) is 4.39 Å². The highest BCUT2D eigenvalue weighted by molar-refractivity contribution is 5.79. The maximum atomic E-state index is 13.1. The van der Waals surface area contributed by atoms with Crippen LogP contribution in [0.15, 0.2) is 18.2 Å². The van der Waals surface area contributed by atoms with Gasteiger partial charge in [-0.15, -0.1) is 0 Å². The molecule has 0 aromatic heterocycles. The second kappa shape index (κ2) is 7.73. The molecule has 0 spiro atoms. The molecule has 0 aliphatic heterocycles. The van der Waals surface area contributed by atoms with E-state index in [-0.39, 0.29) is 24.8 Å². The molecule has 21 heavy (non-hydrogen) atoms. The summed E-state index contributed by atoms with van der Waals surface area (Å²) in [5, 5.41) is 11.7. The molecule has 2 N–H and O–H groups in total. The first kappa shape index (κ1) is 17.1. The second-order valence-corrected chi connectivity index (χ2v) is 5.04. The molecule has 116 valence electrons. The summed E-state index contributed by atoms with van der Waals surface area (Å²) >= 11 is 0. The van der Waals surface area contributed by atoms with E-state index in [1.807, 2.05) is 0 Å². The van der Waals surface area contributed by atoms with Crippen LogP contribution in [0.3, 0.4) is 0 Å². The summed E-state index contributed by atoms with van der Waals surface area (Å²) in [6.45, 7) is 3.71. The van der Waals surface area contributed by atoms with Crippen LogP contribution in [0.25, 0.3) is 0 Å². The molecule has 0 aliphatic rings. The van der Waals surface area contributed by atoms with Crippen LogP contribution in [-0.2, 0) is 16.1 Å². The zero-order valence-corrected chi connectivity index (χ0v) is 12.5. The van der Waals surface area contributed by atoms with Crippen molar-refractivity contribution in [2.75, 3.05) is 13.6 Å². The number of carboxylic acids is 1. The van der Waals surface area contributed by atoms with E-state index in [2.05, 4.69) is 5.32 Å². The van der Waals surface area contributed by atoms with Gasteiger partial charge in [0.2, 0.25) is 5.91 Å². The van der Waals surface area contributed by atoms with Crippen LogP contribution in [0, 0.1) is 12.7 Å². The van der Waals surface area contributed by atoms with Crippen molar-refractivity contribution in [1.29, 1.82) is 0 Å². The molecule has 1 unspecified atom stereocenters.